The minimum atomic E-state index is -0.346. The van der Waals surface area contributed by atoms with Crippen molar-refractivity contribution in [3.05, 3.63) is 53.3 Å². The van der Waals surface area contributed by atoms with Crippen molar-refractivity contribution in [1.29, 1.82) is 0 Å². The minimum Gasteiger partial charge on any atom is -0.391 e. The molecule has 0 aliphatic carbocycles. The Bertz CT molecular complexity index is 1250. The van der Waals surface area contributed by atoms with Crippen LogP contribution in [0.5, 0.6) is 0 Å². The molecule has 2 atom stereocenters. The van der Waals surface area contributed by atoms with E-state index in [0.29, 0.717) is 34.8 Å². The molecule has 1 fully saturated rings. The maximum Gasteiger partial charge on any atom is 0.165 e. The van der Waals surface area contributed by atoms with Crippen LogP contribution in [0.2, 0.25) is 0 Å². The highest BCUT2D eigenvalue weighted by atomic mass is 79.9. The number of aromatic nitrogens is 5. The summed E-state index contributed by atoms with van der Waals surface area (Å²) in [5, 5.41) is 19.5. The second-order valence-electron chi connectivity index (χ2n) is 7.75. The third-order valence-corrected chi connectivity index (χ3v) is 6.07. The number of aliphatic hydroxyl groups is 1. The average Bonchev–Trinajstić information content (AvgIpc) is 3.11. The molecule has 1 aromatic carbocycles. The van der Waals surface area contributed by atoms with Gasteiger partial charge in [0.05, 0.1) is 17.2 Å². The van der Waals surface area contributed by atoms with E-state index < -0.39 is 0 Å². The number of nitrogens with zero attached hydrogens (tertiary/aromatic N) is 6. The summed E-state index contributed by atoms with van der Waals surface area (Å²) >= 11 is 3.53. The van der Waals surface area contributed by atoms with Gasteiger partial charge in [0.1, 0.15) is 17.8 Å². The Kier molecular flexibility index (Phi) is 4.99. The minimum absolute atomic E-state index is 0.210. The lowest BCUT2D eigenvalue weighted by Gasteiger charge is -2.16. The van der Waals surface area contributed by atoms with Crippen molar-refractivity contribution >= 4 is 38.6 Å². The van der Waals surface area contributed by atoms with Crippen molar-refractivity contribution in [2.45, 2.75) is 13.0 Å². The number of rotatable bonds is 3. The molecule has 3 aromatic heterocycles. The first-order chi connectivity index (χ1) is 15.0. The van der Waals surface area contributed by atoms with E-state index >= 15 is 0 Å². The number of nitrogens with two attached hydrogens (primary N) is 1. The van der Waals surface area contributed by atoms with Gasteiger partial charge in [0.25, 0.3) is 0 Å². The van der Waals surface area contributed by atoms with Crippen LogP contribution in [0.25, 0.3) is 33.5 Å². The largest absolute Gasteiger partial charge is 0.391 e. The van der Waals surface area contributed by atoms with Crippen LogP contribution in [0.15, 0.2) is 53.3 Å². The SMILES string of the molecule is C[C@@H]1CN(c2ccc(-c3cc(-c4cccc(Br)c4)c4c(N)ncnc4n3)nn2)C[C@H]1O. The smallest absolute Gasteiger partial charge is 0.165 e. The molecule has 1 saturated heterocycles. The summed E-state index contributed by atoms with van der Waals surface area (Å²) < 4.78 is 0.957. The highest BCUT2D eigenvalue weighted by molar-refractivity contribution is 9.10. The van der Waals surface area contributed by atoms with E-state index in [-0.39, 0.29) is 12.0 Å². The first-order valence-corrected chi connectivity index (χ1v) is 10.7. The normalized spacial score (nSPS) is 18.6. The molecule has 8 nitrogen and oxygen atoms in total. The maximum atomic E-state index is 10.0. The molecule has 0 radical (unpaired) electrons. The van der Waals surface area contributed by atoms with Gasteiger partial charge in [-0.15, -0.1) is 10.2 Å². The van der Waals surface area contributed by atoms with Crippen molar-refractivity contribution in [3.8, 4) is 22.5 Å². The first-order valence-electron chi connectivity index (χ1n) is 9.94. The number of nitrogen functional groups attached to an aromatic ring is 1. The van der Waals surface area contributed by atoms with Gasteiger partial charge >= 0.3 is 0 Å². The van der Waals surface area contributed by atoms with Crippen molar-refractivity contribution < 1.29 is 5.11 Å². The van der Waals surface area contributed by atoms with Crippen LogP contribution < -0.4 is 10.6 Å². The third-order valence-electron chi connectivity index (χ3n) is 5.58. The van der Waals surface area contributed by atoms with Crippen LogP contribution in [0.4, 0.5) is 11.6 Å². The average molecular weight is 478 g/mol. The molecule has 0 bridgehead atoms. The first kappa shape index (κ1) is 19.8. The number of halogens is 1. The second kappa shape index (κ2) is 7.82. The summed E-state index contributed by atoms with van der Waals surface area (Å²) in [4.78, 5) is 15.2. The zero-order chi connectivity index (χ0) is 21.5. The number of benzene rings is 1. The van der Waals surface area contributed by atoms with Crippen LogP contribution in [-0.4, -0.2) is 49.4 Å². The fraction of sp³-hybridized carbons (Fsp3) is 0.227. The number of pyridine rings is 1. The van der Waals surface area contributed by atoms with E-state index in [0.717, 1.165) is 28.0 Å². The molecule has 0 unspecified atom stereocenters. The summed E-state index contributed by atoms with van der Waals surface area (Å²) in [6, 6.07) is 13.7. The Morgan fingerprint density at radius 3 is 2.65 bits per heavy atom. The number of hydrogen-bond acceptors (Lipinski definition) is 8. The predicted molar refractivity (Wildman–Crippen MR) is 123 cm³/mol. The van der Waals surface area contributed by atoms with Crippen LogP contribution in [-0.2, 0) is 0 Å². The van der Waals surface area contributed by atoms with E-state index in [1.54, 1.807) is 0 Å². The number of fused-ring (bicyclic) bond motifs is 1. The zero-order valence-electron chi connectivity index (χ0n) is 16.8. The standard InChI is InChI=1S/C22H20BrN7O/c1-12-9-30(10-18(12)31)19-6-5-16(28-29-19)17-8-15(13-3-2-4-14(23)7-13)20-21(24)25-11-26-22(20)27-17/h2-8,11-12,18,31H,9-10H2,1H3,(H2,24,25,26,27)/t12-,18-/m1/s1. The van der Waals surface area contributed by atoms with Crippen LogP contribution in [0.3, 0.4) is 0 Å². The molecule has 31 heavy (non-hydrogen) atoms. The van der Waals surface area contributed by atoms with E-state index in [1.165, 1.54) is 6.33 Å². The zero-order valence-corrected chi connectivity index (χ0v) is 18.4. The van der Waals surface area contributed by atoms with Gasteiger partial charge in [-0.2, -0.15) is 0 Å². The highest BCUT2D eigenvalue weighted by Gasteiger charge is 2.28. The fourth-order valence-corrected chi connectivity index (χ4v) is 4.27. The molecule has 0 saturated carbocycles. The van der Waals surface area contributed by atoms with Crippen molar-refractivity contribution in [1.82, 2.24) is 25.1 Å². The van der Waals surface area contributed by atoms with Crippen LogP contribution in [0, 0.1) is 5.92 Å². The van der Waals surface area contributed by atoms with E-state index in [2.05, 4.69) is 41.1 Å². The molecule has 156 valence electrons. The number of hydrogen-bond donors (Lipinski definition) is 2. The van der Waals surface area contributed by atoms with E-state index in [1.807, 2.05) is 54.3 Å². The lowest BCUT2D eigenvalue weighted by molar-refractivity contribution is 0.157. The van der Waals surface area contributed by atoms with Gasteiger partial charge in [-0.3, -0.25) is 0 Å². The molecular formula is C22H20BrN7O. The van der Waals surface area contributed by atoms with Crippen molar-refractivity contribution in [2.75, 3.05) is 23.7 Å². The van der Waals surface area contributed by atoms with Gasteiger partial charge in [0.15, 0.2) is 11.5 Å². The molecule has 9 heteroatoms. The van der Waals surface area contributed by atoms with Crippen molar-refractivity contribution in [3.63, 3.8) is 0 Å². The Labute approximate surface area is 187 Å². The molecule has 0 amide bonds. The molecule has 1 aliphatic heterocycles. The molecule has 3 N–H and O–H groups in total. The van der Waals surface area contributed by atoms with Crippen LogP contribution in [0.1, 0.15) is 6.92 Å². The van der Waals surface area contributed by atoms with Crippen molar-refractivity contribution in [2.24, 2.45) is 5.92 Å². The van der Waals surface area contributed by atoms with E-state index in [9.17, 15) is 5.11 Å². The Hall–Kier alpha value is -3.17. The van der Waals surface area contributed by atoms with E-state index in [4.69, 9.17) is 5.73 Å². The molecular weight excluding hydrogens is 458 g/mol. The molecule has 4 heterocycles. The topological polar surface area (TPSA) is 114 Å². The third kappa shape index (κ3) is 3.70. The highest BCUT2D eigenvalue weighted by Crippen LogP contribution is 2.34. The van der Waals surface area contributed by atoms with Gasteiger partial charge in [-0.05, 0) is 41.5 Å². The molecule has 5 rings (SSSR count). The summed E-state index contributed by atoms with van der Waals surface area (Å²) in [6.45, 7) is 3.35. The maximum absolute atomic E-state index is 10.0. The van der Waals surface area contributed by atoms with Gasteiger partial charge in [-0.25, -0.2) is 15.0 Å². The second-order valence-corrected chi connectivity index (χ2v) is 8.66. The van der Waals surface area contributed by atoms with Gasteiger partial charge in [0.2, 0.25) is 0 Å². The molecule has 1 aliphatic rings. The lowest BCUT2D eigenvalue weighted by Crippen LogP contribution is -2.22. The Morgan fingerprint density at radius 2 is 1.94 bits per heavy atom. The summed E-state index contributed by atoms with van der Waals surface area (Å²) in [5.41, 5.74) is 9.80. The lowest BCUT2D eigenvalue weighted by atomic mass is 10.0. The quantitative estimate of drug-likeness (QED) is 0.461. The monoisotopic (exact) mass is 477 g/mol. The number of β-amino-alcohol motifs (C(OH)–C–C–N with tert-alkyl or cyclic N) is 1. The Balaban J connectivity index is 1.59. The summed E-state index contributed by atoms with van der Waals surface area (Å²) in [7, 11) is 0. The fourth-order valence-electron chi connectivity index (χ4n) is 3.87. The van der Waals surface area contributed by atoms with Gasteiger partial charge in [-0.1, -0.05) is 35.0 Å². The molecule has 4 aromatic rings. The van der Waals surface area contributed by atoms with Crippen LogP contribution >= 0.6 is 15.9 Å². The number of aliphatic hydroxyl groups excluding tert-OH is 1. The number of anilines is 2. The predicted octanol–water partition coefficient (Wildman–Crippen LogP) is 3.31. The Morgan fingerprint density at radius 1 is 1.06 bits per heavy atom. The van der Waals surface area contributed by atoms with Gasteiger partial charge < -0.3 is 15.7 Å². The summed E-state index contributed by atoms with van der Waals surface area (Å²) in [6.07, 6.45) is 1.06. The molecule has 0 spiro atoms. The van der Waals surface area contributed by atoms with Gasteiger partial charge in [0, 0.05) is 23.5 Å². The summed E-state index contributed by atoms with van der Waals surface area (Å²) in [5.74, 6) is 1.33.